The van der Waals surface area contributed by atoms with Gasteiger partial charge in [-0.05, 0) is 55.6 Å². The normalized spacial score (nSPS) is 26.3. The van der Waals surface area contributed by atoms with E-state index in [9.17, 15) is 4.79 Å². The van der Waals surface area contributed by atoms with Crippen molar-refractivity contribution in [3.05, 3.63) is 35.4 Å². The molecular formula is C20H29NO2. The Hall–Kier alpha value is -1.35. The molecular weight excluding hydrogens is 286 g/mol. The molecule has 1 saturated carbocycles. The maximum absolute atomic E-state index is 12.2. The van der Waals surface area contributed by atoms with Crippen LogP contribution in [0.25, 0.3) is 0 Å². The highest BCUT2D eigenvalue weighted by Crippen LogP contribution is 2.61. The van der Waals surface area contributed by atoms with Crippen LogP contribution in [0.4, 0.5) is 0 Å². The average Bonchev–Trinajstić information content (AvgIpc) is 3.11. The minimum atomic E-state index is -0.348. The van der Waals surface area contributed by atoms with Crippen molar-refractivity contribution in [3.8, 4) is 0 Å². The molecule has 126 valence electrons. The predicted molar refractivity (Wildman–Crippen MR) is 92.4 cm³/mol. The topological polar surface area (TPSA) is 38.3 Å². The zero-order valence-corrected chi connectivity index (χ0v) is 14.6. The van der Waals surface area contributed by atoms with Crippen molar-refractivity contribution in [2.45, 2.75) is 58.0 Å². The summed E-state index contributed by atoms with van der Waals surface area (Å²) in [6.45, 7) is 7.63. The lowest BCUT2D eigenvalue weighted by molar-refractivity contribution is -0.132. The summed E-state index contributed by atoms with van der Waals surface area (Å²) < 4.78 is 5.63. The minimum Gasteiger partial charge on any atom is -0.369 e. The predicted octanol–water partition coefficient (Wildman–Crippen LogP) is 3.46. The van der Waals surface area contributed by atoms with Gasteiger partial charge in [0.05, 0.1) is 0 Å². The van der Waals surface area contributed by atoms with Crippen LogP contribution in [0.15, 0.2) is 24.3 Å². The lowest BCUT2D eigenvalue weighted by Gasteiger charge is -2.16. The third-order valence-electron chi connectivity index (χ3n) is 5.58. The Kier molecular flexibility index (Phi) is 4.77. The van der Waals surface area contributed by atoms with Crippen LogP contribution < -0.4 is 5.32 Å². The van der Waals surface area contributed by atoms with Gasteiger partial charge in [-0.15, -0.1) is 0 Å². The van der Waals surface area contributed by atoms with Crippen LogP contribution in [-0.4, -0.2) is 25.2 Å². The maximum atomic E-state index is 12.2. The molecule has 0 bridgehead atoms. The number of benzene rings is 1. The number of aryl methyl sites for hydroxylation is 1. The van der Waals surface area contributed by atoms with E-state index < -0.39 is 0 Å². The number of hydrogen-bond donors (Lipinski definition) is 1. The van der Waals surface area contributed by atoms with E-state index in [0.29, 0.717) is 23.9 Å². The van der Waals surface area contributed by atoms with Crippen LogP contribution in [-0.2, 0) is 21.4 Å². The second kappa shape index (κ2) is 6.64. The molecule has 1 N–H and O–H groups in total. The van der Waals surface area contributed by atoms with Gasteiger partial charge in [-0.2, -0.15) is 0 Å². The van der Waals surface area contributed by atoms with E-state index in [-0.39, 0.29) is 12.0 Å². The lowest BCUT2D eigenvalue weighted by Crippen LogP contribution is -2.36. The van der Waals surface area contributed by atoms with Crippen molar-refractivity contribution in [1.29, 1.82) is 0 Å². The first-order chi connectivity index (χ1) is 11.0. The monoisotopic (exact) mass is 315 g/mol. The summed E-state index contributed by atoms with van der Waals surface area (Å²) in [7, 11) is 0. The molecule has 1 amide bonds. The summed E-state index contributed by atoms with van der Waals surface area (Å²) in [4.78, 5) is 12.2. The number of nitrogens with one attached hydrogen (secondary N) is 1. The summed E-state index contributed by atoms with van der Waals surface area (Å²) in [6.07, 6.45) is 4.30. The van der Waals surface area contributed by atoms with Gasteiger partial charge in [-0.25, -0.2) is 0 Å². The third kappa shape index (κ3) is 3.45. The van der Waals surface area contributed by atoms with Crippen molar-refractivity contribution in [2.75, 3.05) is 13.2 Å². The van der Waals surface area contributed by atoms with Crippen molar-refractivity contribution >= 4 is 5.91 Å². The maximum Gasteiger partial charge on any atom is 0.248 e. The molecule has 1 aromatic carbocycles. The van der Waals surface area contributed by atoms with Gasteiger partial charge in [0.1, 0.15) is 6.10 Å². The van der Waals surface area contributed by atoms with Crippen LogP contribution >= 0.6 is 0 Å². The van der Waals surface area contributed by atoms with Gasteiger partial charge < -0.3 is 10.1 Å². The fourth-order valence-corrected chi connectivity index (χ4v) is 3.92. The molecule has 1 fully saturated rings. The van der Waals surface area contributed by atoms with Gasteiger partial charge in [-0.3, -0.25) is 4.79 Å². The quantitative estimate of drug-likeness (QED) is 0.837. The number of fused-ring (bicyclic) bond motifs is 2. The van der Waals surface area contributed by atoms with Gasteiger partial charge in [-0.1, -0.05) is 38.1 Å². The van der Waals surface area contributed by atoms with Crippen LogP contribution in [0.2, 0.25) is 0 Å². The number of hydrogen-bond acceptors (Lipinski definition) is 2. The van der Waals surface area contributed by atoms with Crippen molar-refractivity contribution in [3.63, 3.8) is 0 Å². The SMILES string of the molecule is CC(C)CCO[C@H](C)C(=O)NC[C@H]1C[C@@]12CCc1ccccc12. The Morgan fingerprint density at radius 1 is 1.35 bits per heavy atom. The molecule has 0 saturated heterocycles. The van der Waals surface area contributed by atoms with E-state index in [1.54, 1.807) is 0 Å². The van der Waals surface area contributed by atoms with Crippen molar-refractivity contribution < 1.29 is 9.53 Å². The van der Waals surface area contributed by atoms with Crippen LogP contribution in [0.5, 0.6) is 0 Å². The Bertz CT molecular complexity index is 569. The third-order valence-corrected chi connectivity index (χ3v) is 5.58. The summed E-state index contributed by atoms with van der Waals surface area (Å²) in [6, 6.07) is 8.81. The standard InChI is InChI=1S/C20H29NO2/c1-14(2)9-11-23-15(3)19(22)21-13-17-12-20(17)10-8-16-6-4-5-7-18(16)20/h4-7,14-15,17H,8-13H2,1-3H3,(H,21,22)/t15-,17-,20+/m1/s1. The van der Waals surface area contributed by atoms with Crippen LogP contribution in [0.3, 0.4) is 0 Å². The molecule has 0 aromatic heterocycles. The number of ether oxygens (including phenoxy) is 1. The fourth-order valence-electron chi connectivity index (χ4n) is 3.92. The molecule has 0 heterocycles. The van der Waals surface area contributed by atoms with E-state index in [0.717, 1.165) is 13.0 Å². The molecule has 0 unspecified atom stereocenters. The second-order valence-electron chi connectivity index (χ2n) is 7.66. The molecule has 3 heteroatoms. The Morgan fingerprint density at radius 3 is 2.91 bits per heavy atom. The van der Waals surface area contributed by atoms with E-state index in [1.807, 2.05) is 6.92 Å². The Morgan fingerprint density at radius 2 is 2.13 bits per heavy atom. The van der Waals surface area contributed by atoms with Crippen molar-refractivity contribution in [2.24, 2.45) is 11.8 Å². The molecule has 1 spiro atoms. The molecule has 23 heavy (non-hydrogen) atoms. The van der Waals surface area contributed by atoms with Gasteiger partial charge in [0, 0.05) is 18.6 Å². The van der Waals surface area contributed by atoms with E-state index in [1.165, 1.54) is 30.4 Å². The first-order valence-corrected chi connectivity index (χ1v) is 9.00. The molecule has 3 nitrogen and oxygen atoms in total. The summed E-state index contributed by atoms with van der Waals surface area (Å²) >= 11 is 0. The van der Waals surface area contributed by atoms with Gasteiger partial charge in [0.2, 0.25) is 5.91 Å². The lowest BCUT2D eigenvalue weighted by atomic mass is 9.95. The van der Waals surface area contributed by atoms with Crippen LogP contribution in [0, 0.1) is 11.8 Å². The molecule has 0 radical (unpaired) electrons. The molecule has 2 aliphatic carbocycles. The summed E-state index contributed by atoms with van der Waals surface area (Å²) in [5, 5.41) is 3.10. The molecule has 1 aromatic rings. The summed E-state index contributed by atoms with van der Waals surface area (Å²) in [5.74, 6) is 1.24. The number of carbonyl (C=O) groups excluding carboxylic acids is 1. The average molecular weight is 315 g/mol. The molecule has 3 rings (SSSR count). The highest BCUT2D eigenvalue weighted by Gasteiger charge is 2.57. The number of rotatable bonds is 7. The van der Waals surface area contributed by atoms with Crippen LogP contribution in [0.1, 0.15) is 51.2 Å². The molecule has 2 aliphatic rings. The first kappa shape index (κ1) is 16.5. The van der Waals surface area contributed by atoms with E-state index in [2.05, 4.69) is 43.4 Å². The largest absolute Gasteiger partial charge is 0.369 e. The van der Waals surface area contributed by atoms with Gasteiger partial charge in [0.15, 0.2) is 0 Å². The van der Waals surface area contributed by atoms with E-state index in [4.69, 9.17) is 4.74 Å². The fraction of sp³-hybridized carbons (Fsp3) is 0.650. The first-order valence-electron chi connectivity index (χ1n) is 9.00. The van der Waals surface area contributed by atoms with Gasteiger partial charge >= 0.3 is 0 Å². The second-order valence-corrected chi connectivity index (χ2v) is 7.66. The van der Waals surface area contributed by atoms with E-state index >= 15 is 0 Å². The zero-order chi connectivity index (χ0) is 16.4. The summed E-state index contributed by atoms with van der Waals surface area (Å²) in [5.41, 5.74) is 3.39. The van der Waals surface area contributed by atoms with Crippen molar-refractivity contribution in [1.82, 2.24) is 5.32 Å². The van der Waals surface area contributed by atoms with Gasteiger partial charge in [0.25, 0.3) is 0 Å². The number of carbonyl (C=O) groups is 1. The Balaban J connectivity index is 1.45. The zero-order valence-electron chi connectivity index (χ0n) is 14.6. The highest BCUT2D eigenvalue weighted by molar-refractivity contribution is 5.80. The highest BCUT2D eigenvalue weighted by atomic mass is 16.5. The Labute approximate surface area is 139 Å². The molecule has 0 aliphatic heterocycles. The molecule has 3 atom stereocenters. The minimum absolute atomic E-state index is 0.0297. The number of amides is 1. The smallest absolute Gasteiger partial charge is 0.248 e.